The van der Waals surface area contributed by atoms with Gasteiger partial charge in [-0.1, -0.05) is 22.0 Å². The van der Waals surface area contributed by atoms with Gasteiger partial charge < -0.3 is 9.84 Å². The fraction of sp³-hybridized carbons (Fsp3) is 0.538. The van der Waals surface area contributed by atoms with Crippen LogP contribution in [0.2, 0.25) is 0 Å². The lowest BCUT2D eigenvalue weighted by Gasteiger charge is -2.11. The molecule has 1 aliphatic heterocycles. The van der Waals surface area contributed by atoms with Crippen LogP contribution >= 0.6 is 27.7 Å². The summed E-state index contributed by atoms with van der Waals surface area (Å²) < 4.78 is 6.57. The molecule has 0 radical (unpaired) electrons. The smallest absolute Gasteiger partial charge is 0.0772 e. The summed E-state index contributed by atoms with van der Waals surface area (Å²) in [7, 11) is 0. The molecule has 2 atom stereocenters. The largest absolute Gasteiger partial charge is 0.389 e. The second-order valence-corrected chi connectivity index (χ2v) is 6.25. The van der Waals surface area contributed by atoms with Crippen LogP contribution in [0, 0.1) is 0 Å². The molecule has 1 fully saturated rings. The van der Waals surface area contributed by atoms with Gasteiger partial charge in [0.05, 0.1) is 12.2 Å². The van der Waals surface area contributed by atoms with Gasteiger partial charge in [0.15, 0.2) is 0 Å². The maximum absolute atomic E-state index is 9.54. The maximum Gasteiger partial charge on any atom is 0.0772 e. The van der Waals surface area contributed by atoms with Gasteiger partial charge in [-0.25, -0.2) is 0 Å². The molecule has 0 aromatic heterocycles. The van der Waals surface area contributed by atoms with E-state index in [9.17, 15) is 5.11 Å². The zero-order valence-corrected chi connectivity index (χ0v) is 12.3. The Bertz CT molecular complexity index is 376. The van der Waals surface area contributed by atoms with Crippen LogP contribution < -0.4 is 0 Å². The fourth-order valence-corrected chi connectivity index (χ4v) is 3.77. The van der Waals surface area contributed by atoms with Crippen molar-refractivity contribution >= 4 is 27.7 Å². The van der Waals surface area contributed by atoms with Crippen molar-refractivity contribution in [2.75, 3.05) is 12.4 Å². The van der Waals surface area contributed by atoms with E-state index in [2.05, 4.69) is 28.1 Å². The molecule has 0 bridgehead atoms. The van der Waals surface area contributed by atoms with Crippen LogP contribution in [-0.2, 0) is 4.74 Å². The minimum Gasteiger partial charge on any atom is -0.389 e. The number of ether oxygens (including phenoxy) is 1. The minimum absolute atomic E-state index is 0.412. The maximum atomic E-state index is 9.54. The number of rotatable bonds is 4. The number of halogens is 1. The van der Waals surface area contributed by atoms with Crippen LogP contribution in [0.1, 0.15) is 31.4 Å². The van der Waals surface area contributed by atoms with E-state index < -0.39 is 6.10 Å². The third-order valence-corrected chi connectivity index (χ3v) is 4.69. The summed E-state index contributed by atoms with van der Waals surface area (Å²) in [6.07, 6.45) is 2.35. The standard InChI is InChI=1S/C13H17BrO2S/c1-9(15)12-5-4-11(7-13(12)14)17-8-10-3-2-6-16-10/h4-5,7,9-10,15H,2-3,6,8H2,1H3/t9-,10?/m1/s1. The molecule has 1 unspecified atom stereocenters. The molecule has 0 spiro atoms. The number of aliphatic hydroxyl groups is 1. The molecule has 4 heteroatoms. The van der Waals surface area contributed by atoms with E-state index in [1.54, 1.807) is 6.92 Å². The van der Waals surface area contributed by atoms with Gasteiger partial charge in [0.1, 0.15) is 0 Å². The predicted octanol–water partition coefficient (Wildman–Crippen LogP) is 3.77. The van der Waals surface area contributed by atoms with Gasteiger partial charge in [-0.2, -0.15) is 0 Å². The summed E-state index contributed by atoms with van der Waals surface area (Å²) in [5, 5.41) is 9.54. The molecule has 0 amide bonds. The van der Waals surface area contributed by atoms with Crippen molar-refractivity contribution in [1.29, 1.82) is 0 Å². The van der Waals surface area contributed by atoms with Crippen molar-refractivity contribution < 1.29 is 9.84 Å². The quantitative estimate of drug-likeness (QED) is 0.857. The predicted molar refractivity (Wildman–Crippen MR) is 74.5 cm³/mol. The molecule has 17 heavy (non-hydrogen) atoms. The van der Waals surface area contributed by atoms with Gasteiger partial charge in [0.2, 0.25) is 0 Å². The molecule has 0 aliphatic carbocycles. The zero-order valence-electron chi connectivity index (χ0n) is 9.86. The Morgan fingerprint density at radius 3 is 3.00 bits per heavy atom. The SMILES string of the molecule is C[C@@H](O)c1ccc(SCC2CCCO2)cc1Br. The molecule has 2 nitrogen and oxygen atoms in total. The molecule has 1 heterocycles. The highest BCUT2D eigenvalue weighted by molar-refractivity contribution is 9.10. The van der Waals surface area contributed by atoms with Gasteiger partial charge in [-0.3, -0.25) is 0 Å². The second kappa shape index (κ2) is 6.23. The Balaban J connectivity index is 1.94. The van der Waals surface area contributed by atoms with Crippen molar-refractivity contribution in [1.82, 2.24) is 0 Å². The first kappa shape index (κ1) is 13.4. The van der Waals surface area contributed by atoms with Gasteiger partial charge in [-0.15, -0.1) is 11.8 Å². The topological polar surface area (TPSA) is 29.5 Å². The highest BCUT2D eigenvalue weighted by Crippen LogP contribution is 2.30. The van der Waals surface area contributed by atoms with Crippen LogP contribution in [0.15, 0.2) is 27.6 Å². The van der Waals surface area contributed by atoms with E-state index in [0.717, 1.165) is 22.4 Å². The number of aliphatic hydroxyl groups excluding tert-OH is 1. The van der Waals surface area contributed by atoms with Crippen molar-refractivity contribution in [2.24, 2.45) is 0 Å². The first-order valence-electron chi connectivity index (χ1n) is 5.88. The number of benzene rings is 1. The summed E-state index contributed by atoms with van der Waals surface area (Å²) in [6.45, 7) is 2.69. The molecule has 1 aliphatic rings. The van der Waals surface area contributed by atoms with E-state index in [1.165, 1.54) is 17.7 Å². The highest BCUT2D eigenvalue weighted by atomic mass is 79.9. The van der Waals surface area contributed by atoms with Crippen molar-refractivity contribution in [3.8, 4) is 0 Å². The summed E-state index contributed by atoms with van der Waals surface area (Å²) in [4.78, 5) is 1.22. The van der Waals surface area contributed by atoms with E-state index >= 15 is 0 Å². The molecular weight excluding hydrogens is 300 g/mol. The third-order valence-electron chi connectivity index (χ3n) is 2.88. The summed E-state index contributed by atoms with van der Waals surface area (Å²) in [5.41, 5.74) is 0.937. The molecule has 2 rings (SSSR count). The van der Waals surface area contributed by atoms with Crippen molar-refractivity contribution in [2.45, 2.75) is 36.9 Å². The molecule has 1 aromatic carbocycles. The monoisotopic (exact) mass is 316 g/mol. The Morgan fingerprint density at radius 1 is 1.59 bits per heavy atom. The first-order chi connectivity index (χ1) is 8.16. The van der Waals surface area contributed by atoms with Gasteiger partial charge in [0.25, 0.3) is 0 Å². The normalized spacial score (nSPS) is 21.7. The Hall–Kier alpha value is -0.0300. The van der Waals surface area contributed by atoms with E-state index in [1.807, 2.05) is 17.8 Å². The van der Waals surface area contributed by atoms with Gasteiger partial charge >= 0.3 is 0 Å². The lowest BCUT2D eigenvalue weighted by Crippen LogP contribution is -2.07. The van der Waals surface area contributed by atoms with E-state index in [0.29, 0.717) is 6.10 Å². The summed E-state index contributed by atoms with van der Waals surface area (Å²) in [6, 6.07) is 6.11. The van der Waals surface area contributed by atoms with E-state index in [-0.39, 0.29) is 0 Å². The molecule has 1 N–H and O–H groups in total. The number of thioether (sulfide) groups is 1. The van der Waals surface area contributed by atoms with Crippen LogP contribution in [0.4, 0.5) is 0 Å². The minimum atomic E-state index is -0.429. The van der Waals surface area contributed by atoms with Crippen LogP contribution in [0.3, 0.4) is 0 Å². The molecule has 1 aromatic rings. The average molecular weight is 317 g/mol. The first-order valence-corrected chi connectivity index (χ1v) is 7.66. The summed E-state index contributed by atoms with van der Waals surface area (Å²) in [5.74, 6) is 1.01. The van der Waals surface area contributed by atoms with Crippen LogP contribution in [0.5, 0.6) is 0 Å². The number of hydrogen-bond acceptors (Lipinski definition) is 3. The average Bonchev–Trinajstić information content (AvgIpc) is 2.78. The van der Waals surface area contributed by atoms with Crippen LogP contribution in [-0.4, -0.2) is 23.6 Å². The fourth-order valence-electron chi connectivity index (χ4n) is 1.90. The Morgan fingerprint density at radius 2 is 2.41 bits per heavy atom. The molecule has 1 saturated heterocycles. The van der Waals surface area contributed by atoms with Crippen molar-refractivity contribution in [3.05, 3.63) is 28.2 Å². The highest BCUT2D eigenvalue weighted by Gasteiger charge is 2.15. The lowest BCUT2D eigenvalue weighted by molar-refractivity contribution is 0.129. The molecule has 94 valence electrons. The molecular formula is C13H17BrO2S. The third kappa shape index (κ3) is 3.71. The Kier molecular flexibility index (Phi) is 4.91. The summed E-state index contributed by atoms with van der Waals surface area (Å²) >= 11 is 5.31. The zero-order chi connectivity index (χ0) is 12.3. The molecule has 0 saturated carbocycles. The lowest BCUT2D eigenvalue weighted by atomic mass is 10.1. The Labute approximate surface area is 115 Å². The van der Waals surface area contributed by atoms with E-state index in [4.69, 9.17) is 4.74 Å². The van der Waals surface area contributed by atoms with Gasteiger partial charge in [-0.05, 0) is 37.5 Å². The van der Waals surface area contributed by atoms with Crippen molar-refractivity contribution in [3.63, 3.8) is 0 Å². The van der Waals surface area contributed by atoms with Crippen LogP contribution in [0.25, 0.3) is 0 Å². The van der Waals surface area contributed by atoms with Gasteiger partial charge in [0, 0.05) is 21.7 Å². The number of hydrogen-bond donors (Lipinski definition) is 1. The second-order valence-electron chi connectivity index (χ2n) is 4.31.